The second-order valence-corrected chi connectivity index (χ2v) is 4.13. The van der Waals surface area contributed by atoms with Gasteiger partial charge >= 0.3 is 10.8 Å². The van der Waals surface area contributed by atoms with Crippen LogP contribution in [-0.2, 0) is 11.3 Å². The first-order chi connectivity index (χ1) is 8.69. The van der Waals surface area contributed by atoms with Gasteiger partial charge in [-0.15, -0.1) is 0 Å². The van der Waals surface area contributed by atoms with Crippen LogP contribution < -0.4 is 10.2 Å². The van der Waals surface area contributed by atoms with Crippen LogP contribution in [0, 0.1) is 0 Å². The zero-order valence-corrected chi connectivity index (χ0v) is 10.4. The predicted molar refractivity (Wildman–Crippen MR) is 64.7 cm³/mol. The van der Waals surface area contributed by atoms with Crippen LogP contribution in [0.25, 0.3) is 0 Å². The molecule has 2 aromatic rings. The molecule has 8 heteroatoms. The van der Waals surface area contributed by atoms with E-state index in [2.05, 4.69) is 15.3 Å². The Balaban J connectivity index is 1.94. The van der Waals surface area contributed by atoms with Gasteiger partial charge in [-0.3, -0.25) is 4.79 Å². The van der Waals surface area contributed by atoms with Crippen molar-refractivity contribution in [3.63, 3.8) is 0 Å². The maximum Gasteiger partial charge on any atom is 0.360 e. The highest BCUT2D eigenvalue weighted by molar-refractivity contribution is 7.07. The Bertz CT molecular complexity index is 586. The predicted octanol–water partition coefficient (Wildman–Crippen LogP) is 1.21. The fourth-order valence-electron chi connectivity index (χ4n) is 1.23. The van der Waals surface area contributed by atoms with Crippen LogP contribution in [0.15, 0.2) is 20.9 Å². The Hall–Kier alpha value is -2.09. The lowest BCUT2D eigenvalue weighted by atomic mass is 10.5. The van der Waals surface area contributed by atoms with E-state index in [-0.39, 0.29) is 23.2 Å². The van der Waals surface area contributed by atoms with Crippen LogP contribution >= 0.6 is 11.3 Å². The van der Waals surface area contributed by atoms with E-state index in [9.17, 15) is 9.59 Å². The first-order valence-electron chi connectivity index (χ1n) is 5.22. The standard InChI is InChI=1S/C10H11N3O4S/c1-2-16-8(14)7-4-17-9(13-7)11-3-6-5-18-10(15)12-6/h4-5H,2-3H2,1H3,(H,11,13)(H,12,15). The molecule has 0 aliphatic heterocycles. The number of carbonyl (C=O) groups is 1. The number of ether oxygens (including phenoxy) is 1. The highest BCUT2D eigenvalue weighted by atomic mass is 32.1. The lowest BCUT2D eigenvalue weighted by Crippen LogP contribution is -2.06. The second kappa shape index (κ2) is 5.50. The molecule has 2 N–H and O–H groups in total. The molecule has 0 aliphatic carbocycles. The minimum absolute atomic E-state index is 0.109. The normalized spacial score (nSPS) is 10.3. The van der Waals surface area contributed by atoms with Crippen molar-refractivity contribution in [3.8, 4) is 0 Å². The lowest BCUT2D eigenvalue weighted by molar-refractivity contribution is 0.0519. The molecule has 2 aromatic heterocycles. The number of hydrogen-bond donors (Lipinski definition) is 2. The molecular formula is C10H11N3O4S. The summed E-state index contributed by atoms with van der Waals surface area (Å²) in [7, 11) is 0. The van der Waals surface area contributed by atoms with Gasteiger partial charge in [0, 0.05) is 11.1 Å². The maximum atomic E-state index is 11.3. The van der Waals surface area contributed by atoms with Crippen molar-refractivity contribution in [1.29, 1.82) is 0 Å². The van der Waals surface area contributed by atoms with E-state index in [1.165, 1.54) is 6.26 Å². The van der Waals surface area contributed by atoms with Gasteiger partial charge in [-0.2, -0.15) is 4.98 Å². The number of aromatic nitrogens is 2. The zero-order chi connectivity index (χ0) is 13.0. The Labute approximate surface area is 106 Å². The maximum absolute atomic E-state index is 11.3. The third-order valence-electron chi connectivity index (χ3n) is 1.99. The molecule has 2 rings (SSSR count). The Morgan fingerprint density at radius 2 is 2.50 bits per heavy atom. The molecule has 0 radical (unpaired) electrons. The van der Waals surface area contributed by atoms with Gasteiger partial charge < -0.3 is 19.5 Å². The molecule has 7 nitrogen and oxygen atoms in total. The zero-order valence-electron chi connectivity index (χ0n) is 9.56. The fraction of sp³-hybridized carbons (Fsp3) is 0.300. The van der Waals surface area contributed by atoms with Crippen LogP contribution in [0.2, 0.25) is 0 Å². The Kier molecular flexibility index (Phi) is 3.78. The molecule has 0 amide bonds. The van der Waals surface area contributed by atoms with Crippen molar-refractivity contribution in [2.24, 2.45) is 0 Å². The highest BCUT2D eigenvalue weighted by Crippen LogP contribution is 2.10. The summed E-state index contributed by atoms with van der Waals surface area (Å²) >= 11 is 1.08. The van der Waals surface area contributed by atoms with E-state index in [4.69, 9.17) is 9.15 Å². The average molecular weight is 269 g/mol. The number of oxazole rings is 1. The molecule has 0 saturated carbocycles. The summed E-state index contributed by atoms with van der Waals surface area (Å²) in [6, 6.07) is 0.199. The number of thiazole rings is 1. The Morgan fingerprint density at radius 3 is 3.17 bits per heavy atom. The summed E-state index contributed by atoms with van der Waals surface area (Å²) in [4.78, 5) is 28.6. The molecule has 96 valence electrons. The number of hydrogen-bond acceptors (Lipinski definition) is 7. The molecule has 0 aliphatic rings. The largest absolute Gasteiger partial charge is 0.461 e. The molecule has 0 aromatic carbocycles. The summed E-state index contributed by atoms with van der Waals surface area (Å²) in [6.07, 6.45) is 1.22. The second-order valence-electron chi connectivity index (χ2n) is 3.29. The van der Waals surface area contributed by atoms with Gasteiger partial charge in [-0.1, -0.05) is 11.3 Å². The molecule has 18 heavy (non-hydrogen) atoms. The van der Waals surface area contributed by atoms with Gasteiger partial charge in [-0.25, -0.2) is 4.79 Å². The SMILES string of the molecule is CCOC(=O)c1coc(NCc2csc(=O)[nH]2)n1. The molecular weight excluding hydrogens is 258 g/mol. The number of carbonyl (C=O) groups excluding carboxylic acids is 1. The van der Waals surface area contributed by atoms with Crippen molar-refractivity contribution in [1.82, 2.24) is 9.97 Å². The van der Waals surface area contributed by atoms with Gasteiger partial charge in [0.25, 0.3) is 6.01 Å². The quantitative estimate of drug-likeness (QED) is 0.792. The molecule has 2 heterocycles. The monoisotopic (exact) mass is 269 g/mol. The molecule has 0 atom stereocenters. The Morgan fingerprint density at radius 1 is 1.67 bits per heavy atom. The summed E-state index contributed by atoms with van der Waals surface area (Å²) < 4.78 is 9.82. The van der Waals surface area contributed by atoms with Gasteiger partial charge in [-0.05, 0) is 6.92 Å². The topological polar surface area (TPSA) is 97.2 Å². The summed E-state index contributed by atoms with van der Waals surface area (Å²) in [5, 5.41) is 4.54. The summed E-state index contributed by atoms with van der Waals surface area (Å²) in [5.74, 6) is -0.529. The first kappa shape index (κ1) is 12.4. The molecule has 0 bridgehead atoms. The smallest absolute Gasteiger partial charge is 0.360 e. The fourth-order valence-corrected chi connectivity index (χ4v) is 1.81. The third-order valence-corrected chi connectivity index (χ3v) is 2.71. The van der Waals surface area contributed by atoms with E-state index in [0.29, 0.717) is 6.54 Å². The van der Waals surface area contributed by atoms with Crippen LogP contribution in [0.3, 0.4) is 0 Å². The number of nitrogens with zero attached hydrogens (tertiary/aromatic N) is 1. The van der Waals surface area contributed by atoms with E-state index < -0.39 is 5.97 Å². The minimum atomic E-state index is -0.529. The lowest BCUT2D eigenvalue weighted by Gasteiger charge is -1.97. The van der Waals surface area contributed by atoms with Gasteiger partial charge in [0.05, 0.1) is 13.2 Å². The summed E-state index contributed by atoms with van der Waals surface area (Å²) in [5.41, 5.74) is 0.832. The van der Waals surface area contributed by atoms with Crippen LogP contribution in [0.4, 0.5) is 6.01 Å². The number of rotatable bonds is 5. The molecule has 0 saturated heterocycles. The summed E-state index contributed by atoms with van der Waals surface area (Å²) in [6.45, 7) is 2.36. The van der Waals surface area contributed by atoms with Crippen molar-refractivity contribution in [2.45, 2.75) is 13.5 Å². The van der Waals surface area contributed by atoms with E-state index in [1.54, 1.807) is 12.3 Å². The highest BCUT2D eigenvalue weighted by Gasteiger charge is 2.12. The number of esters is 1. The van der Waals surface area contributed by atoms with Crippen molar-refractivity contribution in [3.05, 3.63) is 32.7 Å². The third kappa shape index (κ3) is 2.98. The van der Waals surface area contributed by atoms with Crippen LogP contribution in [0.1, 0.15) is 23.1 Å². The molecule has 0 unspecified atom stereocenters. The van der Waals surface area contributed by atoms with Gasteiger partial charge in [0.1, 0.15) is 6.26 Å². The van der Waals surface area contributed by atoms with Crippen molar-refractivity contribution < 1.29 is 13.9 Å². The number of H-pyrrole nitrogens is 1. The average Bonchev–Trinajstić information content (AvgIpc) is 2.95. The first-order valence-corrected chi connectivity index (χ1v) is 6.10. The van der Waals surface area contributed by atoms with E-state index >= 15 is 0 Å². The number of nitrogens with one attached hydrogen (secondary N) is 2. The van der Waals surface area contributed by atoms with Crippen LogP contribution in [-0.4, -0.2) is 22.5 Å². The van der Waals surface area contributed by atoms with Gasteiger partial charge in [0.15, 0.2) is 5.69 Å². The van der Waals surface area contributed by atoms with E-state index in [1.807, 2.05) is 0 Å². The van der Waals surface area contributed by atoms with E-state index in [0.717, 1.165) is 17.0 Å². The number of aromatic amines is 1. The van der Waals surface area contributed by atoms with Crippen molar-refractivity contribution >= 4 is 23.3 Å². The minimum Gasteiger partial charge on any atom is -0.461 e. The number of anilines is 1. The molecule has 0 fully saturated rings. The van der Waals surface area contributed by atoms with Gasteiger partial charge in [0.2, 0.25) is 0 Å². The van der Waals surface area contributed by atoms with Crippen LogP contribution in [0.5, 0.6) is 0 Å². The van der Waals surface area contributed by atoms with Crippen molar-refractivity contribution in [2.75, 3.05) is 11.9 Å². The molecule has 0 spiro atoms.